The van der Waals surface area contributed by atoms with Crippen LogP contribution in [0.2, 0.25) is 5.02 Å². The summed E-state index contributed by atoms with van der Waals surface area (Å²) in [6.07, 6.45) is 3.35. The van der Waals surface area contributed by atoms with Crippen LogP contribution in [-0.2, 0) is 0 Å². The first-order valence-corrected chi connectivity index (χ1v) is 4.92. The fourth-order valence-corrected chi connectivity index (χ4v) is 1.64. The maximum Gasteiger partial charge on any atom is 0.159 e. The highest BCUT2D eigenvalue weighted by Gasteiger charge is 2.03. The van der Waals surface area contributed by atoms with Gasteiger partial charge in [-0.1, -0.05) is 11.6 Å². The average Bonchev–Trinajstić information content (AvgIpc) is 2.12. The van der Waals surface area contributed by atoms with Crippen molar-refractivity contribution >= 4 is 38.6 Å². The van der Waals surface area contributed by atoms with E-state index in [0.717, 1.165) is 21.1 Å². The van der Waals surface area contributed by atoms with Crippen LogP contribution in [0.5, 0.6) is 0 Å². The summed E-state index contributed by atoms with van der Waals surface area (Å²) in [5.74, 6) is 0. The highest BCUT2D eigenvalue weighted by molar-refractivity contribution is 9.10. The number of rotatable bonds is 0. The molecule has 0 amide bonds. The zero-order valence-electron chi connectivity index (χ0n) is 6.88. The quantitative estimate of drug-likeness (QED) is 0.723. The lowest BCUT2D eigenvalue weighted by molar-refractivity contribution is 1.26. The van der Waals surface area contributed by atoms with Crippen molar-refractivity contribution in [1.82, 2.24) is 9.97 Å². The molecule has 0 unspecified atom stereocenters. The van der Waals surface area contributed by atoms with Crippen LogP contribution in [0.4, 0.5) is 0 Å². The zero-order chi connectivity index (χ0) is 9.42. The average molecular weight is 258 g/mol. The van der Waals surface area contributed by atoms with Gasteiger partial charge in [0, 0.05) is 22.3 Å². The number of aryl methyl sites for hydroxylation is 1. The van der Waals surface area contributed by atoms with E-state index in [0.29, 0.717) is 5.02 Å². The summed E-state index contributed by atoms with van der Waals surface area (Å²) in [7, 11) is 0. The molecule has 2 heterocycles. The molecule has 2 rings (SSSR count). The van der Waals surface area contributed by atoms with Crippen molar-refractivity contribution in [3.05, 3.63) is 33.5 Å². The molecule has 0 saturated heterocycles. The third-order valence-electron chi connectivity index (χ3n) is 1.90. The minimum absolute atomic E-state index is 0.674. The summed E-state index contributed by atoms with van der Waals surface area (Å²) in [5, 5.41) is 1.66. The van der Waals surface area contributed by atoms with E-state index < -0.39 is 0 Å². The van der Waals surface area contributed by atoms with Crippen LogP contribution in [0.1, 0.15) is 5.56 Å². The van der Waals surface area contributed by atoms with Crippen molar-refractivity contribution in [2.75, 3.05) is 0 Å². The molecule has 0 aromatic carbocycles. The molecule has 0 atom stereocenters. The van der Waals surface area contributed by atoms with Gasteiger partial charge in [0.05, 0.1) is 5.02 Å². The van der Waals surface area contributed by atoms with Crippen LogP contribution < -0.4 is 0 Å². The lowest BCUT2D eigenvalue weighted by Gasteiger charge is -2.02. The molecule has 66 valence electrons. The number of hydrogen-bond donors (Lipinski definition) is 0. The van der Waals surface area contributed by atoms with E-state index in [-0.39, 0.29) is 0 Å². The molecule has 0 aliphatic carbocycles. The fourth-order valence-electron chi connectivity index (χ4n) is 1.15. The Morgan fingerprint density at radius 2 is 2.00 bits per heavy atom. The molecule has 0 saturated carbocycles. The van der Waals surface area contributed by atoms with Crippen molar-refractivity contribution in [1.29, 1.82) is 0 Å². The van der Waals surface area contributed by atoms with Crippen molar-refractivity contribution in [3.63, 3.8) is 0 Å². The molecule has 0 aliphatic rings. The number of pyridine rings is 2. The van der Waals surface area contributed by atoms with Crippen LogP contribution in [-0.4, -0.2) is 9.97 Å². The van der Waals surface area contributed by atoms with Gasteiger partial charge in [-0.2, -0.15) is 0 Å². The summed E-state index contributed by atoms with van der Waals surface area (Å²) < 4.78 is 0.937. The molecule has 2 aromatic rings. The van der Waals surface area contributed by atoms with Crippen molar-refractivity contribution in [2.45, 2.75) is 6.92 Å². The van der Waals surface area contributed by atoms with Crippen molar-refractivity contribution < 1.29 is 0 Å². The maximum atomic E-state index is 5.93. The molecule has 0 N–H and O–H groups in total. The molecule has 2 nitrogen and oxygen atoms in total. The lowest BCUT2D eigenvalue weighted by atomic mass is 10.2. The third kappa shape index (κ3) is 1.54. The van der Waals surface area contributed by atoms with Gasteiger partial charge < -0.3 is 0 Å². The normalized spacial score (nSPS) is 10.7. The lowest BCUT2D eigenvalue weighted by Crippen LogP contribution is -1.87. The van der Waals surface area contributed by atoms with E-state index in [1.54, 1.807) is 12.4 Å². The molecule has 4 heteroatoms. The van der Waals surface area contributed by atoms with Gasteiger partial charge in [0.2, 0.25) is 0 Å². The Balaban J connectivity index is 2.89. The van der Waals surface area contributed by atoms with Crippen LogP contribution >= 0.6 is 27.5 Å². The number of halogens is 2. The van der Waals surface area contributed by atoms with Crippen LogP contribution in [0.15, 0.2) is 22.9 Å². The zero-order valence-corrected chi connectivity index (χ0v) is 9.22. The molecule has 0 spiro atoms. The Labute approximate surface area is 89.1 Å². The molecule has 0 bridgehead atoms. The number of aromatic nitrogens is 2. The number of nitrogens with zero attached hydrogens (tertiary/aromatic N) is 2. The molecule has 0 aliphatic heterocycles. The Hall–Kier alpha value is -0.670. The van der Waals surface area contributed by atoms with E-state index in [4.69, 9.17) is 11.6 Å². The first-order valence-electron chi connectivity index (χ1n) is 3.75. The maximum absolute atomic E-state index is 5.93. The van der Waals surface area contributed by atoms with Crippen LogP contribution in [0.25, 0.3) is 11.0 Å². The third-order valence-corrected chi connectivity index (χ3v) is 2.71. The Morgan fingerprint density at radius 1 is 1.31 bits per heavy atom. The van der Waals surface area contributed by atoms with E-state index in [2.05, 4.69) is 25.9 Å². The van der Waals surface area contributed by atoms with Crippen molar-refractivity contribution in [2.24, 2.45) is 0 Å². The molecule has 13 heavy (non-hydrogen) atoms. The van der Waals surface area contributed by atoms with E-state index in [1.807, 2.05) is 13.0 Å². The topological polar surface area (TPSA) is 25.8 Å². The fraction of sp³-hybridized carbons (Fsp3) is 0.111. The van der Waals surface area contributed by atoms with Gasteiger partial charge in [0.25, 0.3) is 0 Å². The Kier molecular flexibility index (Phi) is 2.22. The SMILES string of the molecule is Cc1c(Cl)cnc2ncc(Br)cc12. The summed E-state index contributed by atoms with van der Waals surface area (Å²) >= 11 is 9.29. The van der Waals surface area contributed by atoms with E-state index in [1.165, 1.54) is 0 Å². The Morgan fingerprint density at radius 3 is 2.77 bits per heavy atom. The minimum Gasteiger partial charge on any atom is -0.235 e. The van der Waals surface area contributed by atoms with Gasteiger partial charge in [0.15, 0.2) is 5.65 Å². The van der Waals surface area contributed by atoms with Crippen LogP contribution in [0.3, 0.4) is 0 Å². The largest absolute Gasteiger partial charge is 0.235 e. The first-order chi connectivity index (χ1) is 6.18. The summed E-state index contributed by atoms with van der Waals surface area (Å²) in [4.78, 5) is 8.28. The predicted octanol–water partition coefficient (Wildman–Crippen LogP) is 3.35. The smallest absolute Gasteiger partial charge is 0.159 e. The molecule has 0 fully saturated rings. The monoisotopic (exact) mass is 256 g/mol. The Bertz CT molecular complexity index is 465. The minimum atomic E-state index is 0.674. The molecule has 0 radical (unpaired) electrons. The highest BCUT2D eigenvalue weighted by Crippen LogP contribution is 2.24. The van der Waals surface area contributed by atoms with E-state index >= 15 is 0 Å². The summed E-state index contributed by atoms with van der Waals surface area (Å²) in [5.41, 5.74) is 1.74. The van der Waals surface area contributed by atoms with Gasteiger partial charge in [-0.3, -0.25) is 0 Å². The second-order valence-electron chi connectivity index (χ2n) is 2.76. The van der Waals surface area contributed by atoms with Gasteiger partial charge >= 0.3 is 0 Å². The van der Waals surface area contributed by atoms with Gasteiger partial charge in [-0.25, -0.2) is 9.97 Å². The second kappa shape index (κ2) is 3.24. The predicted molar refractivity (Wildman–Crippen MR) is 57.0 cm³/mol. The highest BCUT2D eigenvalue weighted by atomic mass is 79.9. The van der Waals surface area contributed by atoms with Crippen molar-refractivity contribution in [3.8, 4) is 0 Å². The second-order valence-corrected chi connectivity index (χ2v) is 4.08. The van der Waals surface area contributed by atoms with E-state index in [9.17, 15) is 0 Å². The summed E-state index contributed by atoms with van der Waals surface area (Å²) in [6.45, 7) is 1.96. The number of fused-ring (bicyclic) bond motifs is 1. The first kappa shape index (κ1) is 8.91. The van der Waals surface area contributed by atoms with Gasteiger partial charge in [0.1, 0.15) is 0 Å². The molecular formula is C9H6BrClN2. The van der Waals surface area contributed by atoms with Gasteiger partial charge in [-0.05, 0) is 34.5 Å². The standard InChI is InChI=1S/C9H6BrClN2/c1-5-7-2-6(10)3-12-9(7)13-4-8(5)11/h2-4H,1H3. The van der Waals surface area contributed by atoms with Crippen LogP contribution in [0, 0.1) is 6.92 Å². The summed E-state index contributed by atoms with van der Waals surface area (Å²) in [6, 6.07) is 1.97. The molecule has 2 aromatic heterocycles. The molecular weight excluding hydrogens is 251 g/mol. The number of hydrogen-bond acceptors (Lipinski definition) is 2. The van der Waals surface area contributed by atoms with Gasteiger partial charge in [-0.15, -0.1) is 0 Å².